The van der Waals surface area contributed by atoms with E-state index in [2.05, 4.69) is 35.6 Å². The monoisotopic (exact) mass is 301 g/mol. The Balaban J connectivity index is 1.82. The fourth-order valence-corrected chi connectivity index (χ4v) is 4.70. The first-order chi connectivity index (χ1) is 10.9. The van der Waals surface area contributed by atoms with E-state index in [9.17, 15) is 0 Å². The van der Waals surface area contributed by atoms with E-state index in [0.29, 0.717) is 11.5 Å². The number of nitrogens with one attached hydrogen (secondary N) is 1. The van der Waals surface area contributed by atoms with Gasteiger partial charge in [0.1, 0.15) is 0 Å². The van der Waals surface area contributed by atoms with Crippen molar-refractivity contribution in [1.29, 1.82) is 0 Å². The molecule has 2 fully saturated rings. The molecule has 1 aromatic carbocycles. The number of benzene rings is 1. The standard InChI is InChI=1S/C20H31NO/c1-22-16-15-21-19(17-9-4-2-5-10-17)20(13-8-14-20)18-11-6-3-7-12-18/h3,6-7,11-12,17,19,21H,2,4-5,8-10,13-16H2,1H3. The Bertz CT molecular complexity index is 434. The highest BCUT2D eigenvalue weighted by Crippen LogP contribution is 2.50. The molecular weight excluding hydrogens is 270 g/mol. The van der Waals surface area contributed by atoms with E-state index < -0.39 is 0 Å². The lowest BCUT2D eigenvalue weighted by atomic mass is 9.56. The maximum Gasteiger partial charge on any atom is 0.0587 e. The maximum absolute atomic E-state index is 5.29. The van der Waals surface area contributed by atoms with Gasteiger partial charge in [0.05, 0.1) is 6.61 Å². The Morgan fingerprint density at radius 1 is 1.09 bits per heavy atom. The van der Waals surface area contributed by atoms with Gasteiger partial charge < -0.3 is 10.1 Å². The van der Waals surface area contributed by atoms with Gasteiger partial charge in [0.25, 0.3) is 0 Å². The topological polar surface area (TPSA) is 21.3 Å². The van der Waals surface area contributed by atoms with Crippen LogP contribution in [0, 0.1) is 5.92 Å². The second kappa shape index (κ2) is 7.61. The van der Waals surface area contributed by atoms with Gasteiger partial charge in [-0.25, -0.2) is 0 Å². The molecule has 0 bridgehead atoms. The van der Waals surface area contributed by atoms with E-state index in [1.165, 1.54) is 51.4 Å². The van der Waals surface area contributed by atoms with Crippen LogP contribution in [0.25, 0.3) is 0 Å². The highest BCUT2D eigenvalue weighted by atomic mass is 16.5. The second-order valence-corrected chi connectivity index (χ2v) is 7.20. The van der Waals surface area contributed by atoms with Gasteiger partial charge >= 0.3 is 0 Å². The summed E-state index contributed by atoms with van der Waals surface area (Å²) in [6, 6.07) is 11.9. The molecule has 2 aliphatic rings. The summed E-state index contributed by atoms with van der Waals surface area (Å²) >= 11 is 0. The molecule has 1 N–H and O–H groups in total. The predicted molar refractivity (Wildman–Crippen MR) is 92.2 cm³/mol. The van der Waals surface area contributed by atoms with Gasteiger partial charge in [-0.15, -0.1) is 0 Å². The van der Waals surface area contributed by atoms with Crippen molar-refractivity contribution in [1.82, 2.24) is 5.32 Å². The zero-order chi connectivity index (χ0) is 15.3. The van der Waals surface area contributed by atoms with E-state index in [1.54, 1.807) is 12.7 Å². The number of hydrogen-bond acceptors (Lipinski definition) is 2. The number of methoxy groups -OCH3 is 1. The minimum Gasteiger partial charge on any atom is -0.383 e. The third-order valence-corrected chi connectivity index (χ3v) is 5.98. The largest absolute Gasteiger partial charge is 0.383 e. The van der Waals surface area contributed by atoms with Crippen LogP contribution in [0.5, 0.6) is 0 Å². The minimum atomic E-state index is 0.372. The van der Waals surface area contributed by atoms with Gasteiger partial charge in [-0.2, -0.15) is 0 Å². The Hall–Kier alpha value is -0.860. The third kappa shape index (κ3) is 3.23. The molecule has 1 aromatic rings. The van der Waals surface area contributed by atoms with Crippen LogP contribution in [0.3, 0.4) is 0 Å². The molecule has 2 saturated carbocycles. The Morgan fingerprint density at radius 3 is 2.41 bits per heavy atom. The van der Waals surface area contributed by atoms with Crippen LogP contribution in [-0.4, -0.2) is 26.3 Å². The minimum absolute atomic E-state index is 0.372. The summed E-state index contributed by atoms with van der Waals surface area (Å²) in [4.78, 5) is 0. The second-order valence-electron chi connectivity index (χ2n) is 7.20. The first-order valence-electron chi connectivity index (χ1n) is 9.15. The summed E-state index contributed by atoms with van der Waals surface area (Å²) in [7, 11) is 1.80. The Morgan fingerprint density at radius 2 is 1.82 bits per heavy atom. The van der Waals surface area contributed by atoms with Crippen molar-refractivity contribution in [2.75, 3.05) is 20.3 Å². The van der Waals surface area contributed by atoms with E-state index in [0.717, 1.165) is 19.1 Å². The van der Waals surface area contributed by atoms with Gasteiger partial charge in [0.15, 0.2) is 0 Å². The molecule has 1 unspecified atom stereocenters. The molecule has 0 aromatic heterocycles. The lowest BCUT2D eigenvalue weighted by Crippen LogP contribution is -2.57. The molecule has 3 rings (SSSR count). The van der Waals surface area contributed by atoms with Gasteiger partial charge in [0.2, 0.25) is 0 Å². The van der Waals surface area contributed by atoms with Crippen molar-refractivity contribution in [2.24, 2.45) is 5.92 Å². The van der Waals surface area contributed by atoms with Crippen LogP contribution in [-0.2, 0) is 10.2 Å². The third-order valence-electron chi connectivity index (χ3n) is 5.98. The smallest absolute Gasteiger partial charge is 0.0587 e. The van der Waals surface area contributed by atoms with Crippen LogP contribution >= 0.6 is 0 Å². The van der Waals surface area contributed by atoms with E-state index in [1.807, 2.05) is 0 Å². The SMILES string of the molecule is COCCNC(C1CCCCC1)C1(c2ccccc2)CCC1. The molecule has 2 aliphatic carbocycles. The molecule has 0 aliphatic heterocycles. The number of hydrogen-bond donors (Lipinski definition) is 1. The summed E-state index contributed by atoms with van der Waals surface area (Å²) in [6.07, 6.45) is 11.1. The van der Waals surface area contributed by atoms with Crippen LogP contribution in [0.4, 0.5) is 0 Å². The molecule has 0 saturated heterocycles. The molecule has 1 atom stereocenters. The summed E-state index contributed by atoms with van der Waals surface area (Å²) in [5.74, 6) is 0.839. The maximum atomic E-state index is 5.29. The molecule has 0 heterocycles. The summed E-state index contributed by atoms with van der Waals surface area (Å²) < 4.78 is 5.29. The zero-order valence-electron chi connectivity index (χ0n) is 14.0. The fourth-order valence-electron chi connectivity index (χ4n) is 4.70. The first-order valence-corrected chi connectivity index (χ1v) is 9.15. The van der Waals surface area contributed by atoms with E-state index >= 15 is 0 Å². The highest BCUT2D eigenvalue weighted by molar-refractivity contribution is 5.31. The zero-order valence-corrected chi connectivity index (χ0v) is 14.0. The molecular formula is C20H31NO. The summed E-state index contributed by atoms with van der Waals surface area (Å²) in [6.45, 7) is 1.79. The Kier molecular flexibility index (Phi) is 5.54. The lowest BCUT2D eigenvalue weighted by molar-refractivity contribution is 0.0958. The van der Waals surface area contributed by atoms with E-state index in [4.69, 9.17) is 4.74 Å². The molecule has 22 heavy (non-hydrogen) atoms. The predicted octanol–water partition coefficient (Wildman–Crippen LogP) is 4.29. The average molecular weight is 301 g/mol. The summed E-state index contributed by atoms with van der Waals surface area (Å²) in [5, 5.41) is 3.91. The molecule has 2 heteroatoms. The van der Waals surface area contributed by atoms with Crippen LogP contribution in [0.1, 0.15) is 56.9 Å². The van der Waals surface area contributed by atoms with Crippen molar-refractivity contribution in [3.8, 4) is 0 Å². The van der Waals surface area contributed by atoms with Crippen molar-refractivity contribution in [2.45, 2.75) is 62.8 Å². The van der Waals surface area contributed by atoms with Gasteiger partial charge in [-0.3, -0.25) is 0 Å². The van der Waals surface area contributed by atoms with Crippen molar-refractivity contribution >= 4 is 0 Å². The lowest BCUT2D eigenvalue weighted by Gasteiger charge is -2.52. The van der Waals surface area contributed by atoms with Crippen molar-refractivity contribution in [3.05, 3.63) is 35.9 Å². The van der Waals surface area contributed by atoms with Crippen LogP contribution < -0.4 is 5.32 Å². The quantitative estimate of drug-likeness (QED) is 0.758. The van der Waals surface area contributed by atoms with Gasteiger partial charge in [-0.05, 0) is 37.2 Å². The molecule has 0 amide bonds. The molecule has 0 radical (unpaired) electrons. The number of ether oxygens (including phenoxy) is 1. The van der Waals surface area contributed by atoms with Crippen molar-refractivity contribution < 1.29 is 4.74 Å². The molecule has 0 spiro atoms. The van der Waals surface area contributed by atoms with Crippen LogP contribution in [0.15, 0.2) is 30.3 Å². The van der Waals surface area contributed by atoms with E-state index in [-0.39, 0.29) is 0 Å². The van der Waals surface area contributed by atoms with Gasteiger partial charge in [-0.1, -0.05) is 56.0 Å². The molecule has 2 nitrogen and oxygen atoms in total. The average Bonchev–Trinajstić information content (AvgIpc) is 2.54. The van der Waals surface area contributed by atoms with Crippen molar-refractivity contribution in [3.63, 3.8) is 0 Å². The fraction of sp³-hybridized carbons (Fsp3) is 0.700. The molecule has 122 valence electrons. The van der Waals surface area contributed by atoms with Crippen LogP contribution in [0.2, 0.25) is 0 Å². The van der Waals surface area contributed by atoms with Gasteiger partial charge in [0, 0.05) is 25.1 Å². The first kappa shape index (κ1) is 16.0. The normalized spacial score (nSPS) is 23.0. The summed E-state index contributed by atoms with van der Waals surface area (Å²) in [5.41, 5.74) is 1.93. The Labute approximate surface area is 135 Å². The highest BCUT2D eigenvalue weighted by Gasteiger charge is 2.47. The number of rotatable bonds is 7.